The second-order valence-electron chi connectivity index (χ2n) is 7.10. The molecule has 0 saturated heterocycles. The number of carbonyl (C=O) groups is 2. The number of hydrogen-bond donors (Lipinski definition) is 3. The number of carboxylic acids is 1. The van der Waals surface area contributed by atoms with Crippen LogP contribution in [-0.4, -0.2) is 70.5 Å². The number of nitrogens with zero attached hydrogens (tertiary/aromatic N) is 3. The number of esters is 1. The molecular weight excluding hydrogens is 476 g/mol. The zero-order valence-corrected chi connectivity index (χ0v) is 19.3. The number of aromatic nitrogens is 2. The zero-order chi connectivity index (χ0) is 25.8. The Bertz CT molecular complexity index is 1230. The van der Waals surface area contributed by atoms with Gasteiger partial charge in [0.25, 0.3) is 5.16 Å². The van der Waals surface area contributed by atoms with Crippen LogP contribution in [0.5, 0.6) is 11.6 Å². The van der Waals surface area contributed by atoms with Crippen LogP contribution in [0.1, 0.15) is 29.8 Å². The summed E-state index contributed by atoms with van der Waals surface area (Å²) in [4.78, 5) is 41.5. The third-order valence-corrected chi connectivity index (χ3v) is 5.01. The Morgan fingerprint density at radius 3 is 2.41 bits per heavy atom. The van der Waals surface area contributed by atoms with Gasteiger partial charge in [-0.1, -0.05) is 0 Å². The number of aliphatic carboxylic acids is 1. The van der Waals surface area contributed by atoms with Crippen molar-refractivity contribution in [3.63, 3.8) is 0 Å². The average molecular weight is 498 g/mol. The number of benzene rings is 1. The molecule has 0 fully saturated rings. The monoisotopic (exact) mass is 498 g/mol. The standard InChI is InChI=1S/C19H22N4O10S/c1-5-32-18(27)11-6-9(2)7-12(8-11)33-16-14(23(28)29)15(20-13(10(3)24)17(25)26)21-19(22-16)34(4,30)31/h6-8,10,13,24H,5H2,1-4H3,(H,25,26)(H,20,21,22). The first-order chi connectivity index (χ1) is 15.7. The molecule has 2 atom stereocenters. The molecule has 0 amide bonds. The van der Waals surface area contributed by atoms with Gasteiger partial charge in [0.05, 0.1) is 23.2 Å². The van der Waals surface area contributed by atoms with Crippen molar-refractivity contribution in [3.8, 4) is 11.6 Å². The van der Waals surface area contributed by atoms with E-state index >= 15 is 0 Å². The lowest BCUT2D eigenvalue weighted by Crippen LogP contribution is -2.39. The smallest absolute Gasteiger partial charge is 0.373 e. The van der Waals surface area contributed by atoms with E-state index in [0.29, 0.717) is 5.56 Å². The summed E-state index contributed by atoms with van der Waals surface area (Å²) in [6.45, 7) is 4.42. The number of aryl methyl sites for hydroxylation is 1. The fraction of sp³-hybridized carbons (Fsp3) is 0.368. The maximum absolute atomic E-state index is 12.1. The Hall–Kier alpha value is -3.85. The number of sulfone groups is 1. The van der Waals surface area contributed by atoms with Gasteiger partial charge >= 0.3 is 23.5 Å². The van der Waals surface area contributed by atoms with Crippen LogP contribution in [0.4, 0.5) is 11.5 Å². The number of ether oxygens (including phenoxy) is 2. The predicted molar refractivity (Wildman–Crippen MR) is 116 cm³/mol. The molecule has 2 unspecified atom stereocenters. The summed E-state index contributed by atoms with van der Waals surface area (Å²) in [5.74, 6) is -4.02. The molecule has 2 aromatic rings. The topological polar surface area (TPSA) is 208 Å². The van der Waals surface area contributed by atoms with Crippen LogP contribution in [0, 0.1) is 17.0 Å². The number of aliphatic hydroxyl groups is 1. The van der Waals surface area contributed by atoms with Gasteiger partial charge < -0.3 is 25.0 Å². The molecule has 2 rings (SSSR count). The predicted octanol–water partition coefficient (Wildman–Crippen LogP) is 1.31. The minimum absolute atomic E-state index is 0.0651. The summed E-state index contributed by atoms with van der Waals surface area (Å²) in [7, 11) is -4.14. The molecule has 0 saturated carbocycles. The highest BCUT2D eigenvalue weighted by atomic mass is 32.2. The minimum Gasteiger partial charge on any atom is -0.480 e. The van der Waals surface area contributed by atoms with Gasteiger partial charge in [-0.15, -0.1) is 0 Å². The van der Waals surface area contributed by atoms with E-state index in [2.05, 4.69) is 15.3 Å². The molecule has 1 aromatic heterocycles. The summed E-state index contributed by atoms with van der Waals surface area (Å²) in [6, 6.07) is 2.31. The lowest BCUT2D eigenvalue weighted by molar-refractivity contribution is -0.385. The number of nitro groups is 1. The van der Waals surface area contributed by atoms with E-state index in [1.54, 1.807) is 13.8 Å². The van der Waals surface area contributed by atoms with Gasteiger partial charge in [-0.25, -0.2) is 18.0 Å². The lowest BCUT2D eigenvalue weighted by Gasteiger charge is -2.18. The SMILES string of the molecule is CCOC(=O)c1cc(C)cc(Oc2nc(S(C)(=O)=O)nc(NC(C(=O)O)C(C)O)c2[N+](=O)[O-])c1. The van der Waals surface area contributed by atoms with Crippen molar-refractivity contribution in [1.29, 1.82) is 0 Å². The largest absolute Gasteiger partial charge is 0.480 e. The number of anilines is 1. The Labute approximate surface area is 193 Å². The summed E-state index contributed by atoms with van der Waals surface area (Å²) >= 11 is 0. The highest BCUT2D eigenvalue weighted by molar-refractivity contribution is 7.90. The van der Waals surface area contributed by atoms with Crippen LogP contribution < -0.4 is 10.1 Å². The molecule has 0 aliphatic carbocycles. The summed E-state index contributed by atoms with van der Waals surface area (Å²) in [6.07, 6.45) is -0.807. The third kappa shape index (κ3) is 6.35. The Morgan fingerprint density at radius 2 is 1.91 bits per heavy atom. The van der Waals surface area contributed by atoms with Crippen molar-refractivity contribution in [2.45, 2.75) is 38.1 Å². The van der Waals surface area contributed by atoms with Crippen molar-refractivity contribution >= 4 is 33.3 Å². The number of rotatable bonds is 10. The molecule has 0 radical (unpaired) electrons. The quantitative estimate of drug-likeness (QED) is 0.183. The van der Waals surface area contributed by atoms with Crippen LogP contribution in [-0.2, 0) is 19.4 Å². The molecule has 0 bridgehead atoms. The van der Waals surface area contributed by atoms with Crippen LogP contribution in [0.25, 0.3) is 0 Å². The van der Waals surface area contributed by atoms with E-state index < -0.39 is 61.4 Å². The van der Waals surface area contributed by atoms with Gasteiger partial charge in [0.2, 0.25) is 15.7 Å². The van der Waals surface area contributed by atoms with Gasteiger partial charge in [-0.3, -0.25) is 10.1 Å². The van der Waals surface area contributed by atoms with Crippen molar-refractivity contribution in [2.75, 3.05) is 18.2 Å². The molecule has 1 aromatic carbocycles. The number of carbonyl (C=O) groups excluding carboxylic acids is 1. The van der Waals surface area contributed by atoms with Crippen LogP contribution >= 0.6 is 0 Å². The minimum atomic E-state index is -4.14. The first kappa shape index (κ1) is 26.4. The Morgan fingerprint density at radius 1 is 1.26 bits per heavy atom. The van der Waals surface area contributed by atoms with E-state index in [4.69, 9.17) is 9.47 Å². The van der Waals surface area contributed by atoms with E-state index in [-0.39, 0.29) is 17.9 Å². The zero-order valence-electron chi connectivity index (χ0n) is 18.5. The van der Waals surface area contributed by atoms with Gasteiger partial charge in [0.15, 0.2) is 6.04 Å². The Kier molecular flexibility index (Phi) is 8.07. The van der Waals surface area contributed by atoms with Gasteiger partial charge in [0, 0.05) is 6.26 Å². The highest BCUT2D eigenvalue weighted by Crippen LogP contribution is 2.36. The van der Waals surface area contributed by atoms with E-state index in [1.807, 2.05) is 0 Å². The molecule has 3 N–H and O–H groups in total. The molecule has 14 nitrogen and oxygen atoms in total. The third-order valence-electron chi connectivity index (χ3n) is 4.16. The fourth-order valence-electron chi connectivity index (χ4n) is 2.70. The second-order valence-corrected chi connectivity index (χ2v) is 9.01. The van der Waals surface area contributed by atoms with Crippen molar-refractivity contribution in [2.24, 2.45) is 0 Å². The van der Waals surface area contributed by atoms with Crippen molar-refractivity contribution < 1.29 is 42.6 Å². The summed E-state index contributed by atoms with van der Waals surface area (Å²) in [5.41, 5.74) is -0.409. The first-order valence-electron chi connectivity index (χ1n) is 9.65. The van der Waals surface area contributed by atoms with E-state index in [9.17, 15) is 38.3 Å². The van der Waals surface area contributed by atoms with Crippen LogP contribution in [0.3, 0.4) is 0 Å². The molecule has 0 aliphatic rings. The molecule has 34 heavy (non-hydrogen) atoms. The molecule has 0 spiro atoms. The van der Waals surface area contributed by atoms with Crippen LogP contribution in [0.15, 0.2) is 23.4 Å². The molecule has 184 valence electrons. The average Bonchev–Trinajstić information content (AvgIpc) is 2.70. The van der Waals surface area contributed by atoms with Crippen LogP contribution in [0.2, 0.25) is 0 Å². The van der Waals surface area contributed by atoms with Gasteiger partial charge in [0.1, 0.15) is 5.75 Å². The number of aliphatic hydroxyl groups excluding tert-OH is 1. The number of carboxylic acid groups (broad SMARTS) is 1. The normalized spacial score (nSPS) is 13.0. The number of nitrogens with one attached hydrogen (secondary N) is 1. The fourth-order valence-corrected chi connectivity index (χ4v) is 3.21. The Balaban J connectivity index is 2.71. The van der Waals surface area contributed by atoms with Crippen molar-refractivity contribution in [1.82, 2.24) is 9.97 Å². The molecule has 0 aliphatic heterocycles. The summed E-state index contributed by atoms with van der Waals surface area (Å²) in [5, 5.41) is 32.1. The van der Waals surface area contributed by atoms with E-state index in [1.165, 1.54) is 18.2 Å². The second kappa shape index (κ2) is 10.4. The molecule has 15 heteroatoms. The first-order valence-corrected chi connectivity index (χ1v) is 11.5. The number of hydrogen-bond acceptors (Lipinski definition) is 12. The molecular formula is C19H22N4O10S. The maximum Gasteiger partial charge on any atom is 0.373 e. The lowest BCUT2D eigenvalue weighted by atomic mass is 10.1. The summed E-state index contributed by atoms with van der Waals surface area (Å²) < 4.78 is 34.6. The van der Waals surface area contributed by atoms with E-state index in [0.717, 1.165) is 13.2 Å². The maximum atomic E-state index is 12.1. The molecule has 1 heterocycles. The van der Waals surface area contributed by atoms with Crippen molar-refractivity contribution in [3.05, 3.63) is 39.4 Å². The highest BCUT2D eigenvalue weighted by Gasteiger charge is 2.33. The van der Waals surface area contributed by atoms with Gasteiger partial charge in [-0.05, 0) is 44.5 Å². The van der Waals surface area contributed by atoms with Gasteiger partial charge in [-0.2, -0.15) is 9.97 Å².